The Bertz CT molecular complexity index is 930. The minimum Gasteiger partial charge on any atom is -0.481 e. The van der Waals surface area contributed by atoms with Crippen molar-refractivity contribution in [3.05, 3.63) is 58.5 Å². The van der Waals surface area contributed by atoms with Gasteiger partial charge in [0.2, 0.25) is 0 Å². The van der Waals surface area contributed by atoms with Crippen molar-refractivity contribution in [1.82, 2.24) is 9.97 Å². The number of nitrogens with zero attached hydrogens (tertiary/aromatic N) is 2. The third-order valence-corrected chi connectivity index (χ3v) is 6.90. The second-order valence-corrected chi connectivity index (χ2v) is 8.71. The van der Waals surface area contributed by atoms with Crippen molar-refractivity contribution in [3.63, 3.8) is 0 Å². The normalized spacial score (nSPS) is 11.6. The summed E-state index contributed by atoms with van der Waals surface area (Å²) in [6, 6.07) is 16.5. The quantitative estimate of drug-likeness (QED) is 0.367. The molecule has 4 nitrogen and oxygen atoms in total. The van der Waals surface area contributed by atoms with Crippen molar-refractivity contribution < 1.29 is 9.90 Å². The predicted molar refractivity (Wildman–Crippen MR) is 112 cm³/mol. The minimum atomic E-state index is -0.719. The highest BCUT2D eigenvalue weighted by atomic mass is 32.1. The van der Waals surface area contributed by atoms with E-state index in [0.717, 1.165) is 46.7 Å². The maximum absolute atomic E-state index is 10.7. The van der Waals surface area contributed by atoms with E-state index >= 15 is 0 Å². The first-order valence-electron chi connectivity index (χ1n) is 9.13. The number of hydrogen-bond acceptors (Lipinski definition) is 5. The molecule has 0 aliphatic rings. The van der Waals surface area contributed by atoms with Gasteiger partial charge in [-0.05, 0) is 37.1 Å². The zero-order valence-electron chi connectivity index (χ0n) is 14.8. The molecular weight excluding hydrogens is 376 g/mol. The fraction of sp³-hybridized carbons (Fsp3) is 0.286. The number of thiazole rings is 2. The Hall–Kier alpha value is -2.31. The van der Waals surface area contributed by atoms with E-state index in [1.165, 1.54) is 9.40 Å². The lowest BCUT2D eigenvalue weighted by atomic mass is 10.0. The van der Waals surface area contributed by atoms with E-state index in [4.69, 9.17) is 15.1 Å². The van der Waals surface area contributed by atoms with Crippen molar-refractivity contribution >= 4 is 49.1 Å². The Kier molecular flexibility index (Phi) is 5.45. The smallest absolute Gasteiger partial charge is 0.303 e. The summed E-state index contributed by atoms with van der Waals surface area (Å²) in [6.45, 7) is 0. The van der Waals surface area contributed by atoms with Crippen LogP contribution in [-0.4, -0.2) is 21.0 Å². The van der Waals surface area contributed by atoms with Gasteiger partial charge in [0.1, 0.15) is 10.0 Å². The van der Waals surface area contributed by atoms with Crippen LogP contribution < -0.4 is 0 Å². The number of carboxylic acid groups (broad SMARTS) is 1. The first-order valence-corrected chi connectivity index (χ1v) is 10.8. The van der Waals surface area contributed by atoms with Crippen molar-refractivity contribution in [2.75, 3.05) is 0 Å². The van der Waals surface area contributed by atoms with E-state index in [2.05, 4.69) is 24.3 Å². The molecule has 0 saturated carbocycles. The molecule has 0 amide bonds. The molecule has 0 aliphatic carbocycles. The second kappa shape index (κ2) is 8.15. The first kappa shape index (κ1) is 18.1. The van der Waals surface area contributed by atoms with Gasteiger partial charge in [-0.1, -0.05) is 37.1 Å². The number of hydrogen-bond donors (Lipinski definition) is 1. The molecular formula is C21H20N2O2S2. The van der Waals surface area contributed by atoms with Crippen LogP contribution >= 0.6 is 22.7 Å². The average molecular weight is 397 g/mol. The predicted octanol–water partition coefficient (Wildman–Crippen LogP) is 6.07. The molecule has 4 aromatic rings. The maximum Gasteiger partial charge on any atom is 0.303 e. The second-order valence-electron chi connectivity index (χ2n) is 6.59. The molecule has 0 atom stereocenters. The summed E-state index contributed by atoms with van der Waals surface area (Å²) >= 11 is 3.48. The average Bonchev–Trinajstić information content (AvgIpc) is 3.27. The molecule has 2 aromatic carbocycles. The van der Waals surface area contributed by atoms with E-state index in [1.54, 1.807) is 22.7 Å². The molecule has 27 heavy (non-hydrogen) atoms. The Morgan fingerprint density at radius 1 is 0.852 bits per heavy atom. The molecule has 0 fully saturated rings. The fourth-order valence-electron chi connectivity index (χ4n) is 3.23. The van der Waals surface area contributed by atoms with Crippen LogP contribution in [-0.2, 0) is 4.79 Å². The van der Waals surface area contributed by atoms with E-state index in [9.17, 15) is 4.79 Å². The monoisotopic (exact) mass is 396 g/mol. The lowest BCUT2D eigenvalue weighted by molar-refractivity contribution is -0.137. The van der Waals surface area contributed by atoms with Crippen LogP contribution in [0.15, 0.2) is 48.5 Å². The third-order valence-electron chi connectivity index (χ3n) is 4.60. The van der Waals surface area contributed by atoms with E-state index in [-0.39, 0.29) is 12.3 Å². The third kappa shape index (κ3) is 4.17. The molecule has 0 radical (unpaired) electrons. The molecule has 138 valence electrons. The van der Waals surface area contributed by atoms with Gasteiger partial charge in [-0.25, -0.2) is 9.97 Å². The number of unbranched alkanes of at least 4 members (excludes halogenated alkanes) is 2. The number of carboxylic acids is 1. The summed E-state index contributed by atoms with van der Waals surface area (Å²) in [5.41, 5.74) is 2.07. The molecule has 0 saturated heterocycles. The molecule has 0 bridgehead atoms. The van der Waals surface area contributed by atoms with Gasteiger partial charge in [0.05, 0.1) is 26.4 Å². The first-order chi connectivity index (χ1) is 13.2. The highest BCUT2D eigenvalue weighted by Crippen LogP contribution is 2.38. The zero-order valence-corrected chi connectivity index (χ0v) is 16.4. The lowest BCUT2D eigenvalue weighted by Gasteiger charge is -2.11. The largest absolute Gasteiger partial charge is 0.481 e. The van der Waals surface area contributed by atoms with Gasteiger partial charge in [-0.2, -0.15) is 0 Å². The molecule has 0 unspecified atom stereocenters. The summed E-state index contributed by atoms with van der Waals surface area (Å²) < 4.78 is 2.40. The Balaban J connectivity index is 1.61. The van der Waals surface area contributed by atoms with Gasteiger partial charge in [0, 0.05) is 6.42 Å². The Labute approximate surface area is 165 Å². The van der Waals surface area contributed by atoms with Gasteiger partial charge < -0.3 is 5.11 Å². The van der Waals surface area contributed by atoms with E-state index in [1.807, 2.05) is 24.3 Å². The lowest BCUT2D eigenvalue weighted by Crippen LogP contribution is -2.01. The van der Waals surface area contributed by atoms with Crippen molar-refractivity contribution in [1.29, 1.82) is 0 Å². The SMILES string of the molecule is O=C(O)CCCCCC(c1nc2ccccc2s1)c1nc2ccccc2s1. The van der Waals surface area contributed by atoms with Crippen LogP contribution in [0.25, 0.3) is 20.4 Å². The highest BCUT2D eigenvalue weighted by molar-refractivity contribution is 7.20. The van der Waals surface area contributed by atoms with Gasteiger partial charge in [-0.15, -0.1) is 22.7 Å². The Morgan fingerprint density at radius 2 is 1.41 bits per heavy atom. The highest BCUT2D eigenvalue weighted by Gasteiger charge is 2.22. The van der Waals surface area contributed by atoms with Crippen LogP contribution in [0.1, 0.15) is 48.0 Å². The summed E-state index contributed by atoms with van der Waals surface area (Å²) in [5.74, 6) is -0.548. The number of aliphatic carboxylic acids is 1. The van der Waals surface area contributed by atoms with Crippen LogP contribution in [0.5, 0.6) is 0 Å². The number of para-hydroxylation sites is 2. The zero-order chi connectivity index (χ0) is 18.6. The van der Waals surface area contributed by atoms with Gasteiger partial charge in [-0.3, -0.25) is 4.79 Å². The van der Waals surface area contributed by atoms with Crippen LogP contribution in [0.2, 0.25) is 0 Å². The van der Waals surface area contributed by atoms with Crippen LogP contribution in [0.3, 0.4) is 0 Å². The van der Waals surface area contributed by atoms with Crippen molar-refractivity contribution in [2.45, 2.75) is 38.0 Å². The fourth-order valence-corrected chi connectivity index (χ4v) is 5.52. The minimum absolute atomic E-state index is 0.171. The summed E-state index contributed by atoms with van der Waals surface area (Å²) in [7, 11) is 0. The van der Waals surface area contributed by atoms with E-state index in [0.29, 0.717) is 0 Å². The van der Waals surface area contributed by atoms with Crippen LogP contribution in [0.4, 0.5) is 0 Å². The summed E-state index contributed by atoms with van der Waals surface area (Å²) in [5, 5.41) is 11.0. The number of carbonyl (C=O) groups is 1. The van der Waals surface area contributed by atoms with Crippen molar-refractivity contribution in [2.24, 2.45) is 0 Å². The Morgan fingerprint density at radius 3 is 1.93 bits per heavy atom. The number of benzene rings is 2. The van der Waals surface area contributed by atoms with Gasteiger partial charge >= 0.3 is 5.97 Å². The molecule has 2 aromatic heterocycles. The maximum atomic E-state index is 10.7. The van der Waals surface area contributed by atoms with Gasteiger partial charge in [0.25, 0.3) is 0 Å². The topological polar surface area (TPSA) is 63.1 Å². The van der Waals surface area contributed by atoms with Gasteiger partial charge in [0.15, 0.2) is 0 Å². The molecule has 1 N–H and O–H groups in total. The van der Waals surface area contributed by atoms with Crippen molar-refractivity contribution in [3.8, 4) is 0 Å². The number of fused-ring (bicyclic) bond motifs is 2. The molecule has 6 heteroatoms. The molecule has 0 aliphatic heterocycles. The summed E-state index contributed by atoms with van der Waals surface area (Å²) in [4.78, 5) is 20.5. The van der Waals surface area contributed by atoms with Crippen LogP contribution in [0, 0.1) is 0 Å². The molecule has 4 rings (SSSR count). The summed E-state index contributed by atoms with van der Waals surface area (Å²) in [6.07, 6.45) is 3.80. The molecule has 2 heterocycles. The number of aromatic nitrogens is 2. The standard InChI is InChI=1S/C21H20N2O2S2/c24-19(25)13-3-1-2-8-14(20-22-15-9-4-6-11-17(15)26-20)21-23-16-10-5-7-12-18(16)27-21/h4-7,9-12,14H,1-3,8,13H2,(H,24,25). The number of rotatable bonds is 8. The van der Waals surface area contributed by atoms with E-state index < -0.39 is 5.97 Å². The molecule has 0 spiro atoms.